The number of nitrogens with one attached hydrogen (secondary N) is 1. The van der Waals surface area contributed by atoms with Crippen molar-refractivity contribution in [3.8, 4) is 0 Å². The van der Waals surface area contributed by atoms with Crippen molar-refractivity contribution in [1.82, 2.24) is 5.43 Å². The number of rotatable bonds is 4. The minimum Gasteiger partial charge on any atom is -0.271 e. The van der Waals surface area contributed by atoms with E-state index < -0.39 is 0 Å². The van der Waals surface area contributed by atoms with Crippen LogP contribution in [0.2, 0.25) is 0 Å². The van der Waals surface area contributed by atoms with E-state index in [1.165, 1.54) is 19.8 Å². The lowest BCUT2D eigenvalue weighted by Crippen LogP contribution is -2.29. The average Bonchev–Trinajstić information content (AvgIpc) is 2.98. The Kier molecular flexibility index (Phi) is 4.00. The summed E-state index contributed by atoms with van der Waals surface area (Å²) in [4.78, 5) is 1.29. The monoisotopic (exact) mass is 352 g/mol. The molecule has 0 aliphatic carbocycles. The molecular formula is C14H13BrN2S2. The molecule has 0 spiro atoms. The molecule has 0 bridgehead atoms. The van der Waals surface area contributed by atoms with Crippen LogP contribution < -0.4 is 11.3 Å². The van der Waals surface area contributed by atoms with Crippen LogP contribution in [-0.4, -0.2) is 0 Å². The predicted molar refractivity (Wildman–Crippen MR) is 87.6 cm³/mol. The van der Waals surface area contributed by atoms with E-state index >= 15 is 0 Å². The lowest BCUT2D eigenvalue weighted by molar-refractivity contribution is 0.560. The molecule has 0 fully saturated rings. The van der Waals surface area contributed by atoms with E-state index in [2.05, 4.69) is 57.1 Å². The minimum atomic E-state index is 0.156. The summed E-state index contributed by atoms with van der Waals surface area (Å²) in [6, 6.07) is 12.8. The van der Waals surface area contributed by atoms with Gasteiger partial charge in [0.15, 0.2) is 0 Å². The van der Waals surface area contributed by atoms with Gasteiger partial charge in [0.25, 0.3) is 0 Å². The Morgan fingerprint density at radius 3 is 2.79 bits per heavy atom. The maximum Gasteiger partial charge on any atom is 0.0594 e. The molecule has 3 N–H and O–H groups in total. The second-order valence-electron chi connectivity index (χ2n) is 4.31. The van der Waals surface area contributed by atoms with Crippen LogP contribution in [0, 0.1) is 0 Å². The summed E-state index contributed by atoms with van der Waals surface area (Å²) in [7, 11) is 0. The average molecular weight is 353 g/mol. The molecule has 0 aliphatic rings. The van der Waals surface area contributed by atoms with Crippen molar-refractivity contribution >= 4 is 48.0 Å². The third kappa shape index (κ3) is 2.75. The van der Waals surface area contributed by atoms with Gasteiger partial charge >= 0.3 is 0 Å². The topological polar surface area (TPSA) is 38.0 Å². The first-order chi connectivity index (χ1) is 9.28. The van der Waals surface area contributed by atoms with Gasteiger partial charge in [-0.3, -0.25) is 11.3 Å². The minimum absolute atomic E-state index is 0.156. The van der Waals surface area contributed by atoms with Gasteiger partial charge in [0.1, 0.15) is 0 Å². The van der Waals surface area contributed by atoms with Crippen molar-refractivity contribution in [3.63, 3.8) is 0 Å². The van der Waals surface area contributed by atoms with Gasteiger partial charge in [-0.25, -0.2) is 0 Å². The molecule has 2 aromatic heterocycles. The van der Waals surface area contributed by atoms with Gasteiger partial charge in [0.2, 0.25) is 0 Å². The first-order valence-electron chi connectivity index (χ1n) is 5.94. The molecule has 1 atom stereocenters. The van der Waals surface area contributed by atoms with Gasteiger partial charge in [0.05, 0.1) is 6.04 Å². The normalized spacial score (nSPS) is 12.9. The Morgan fingerprint density at radius 1 is 1.21 bits per heavy atom. The highest BCUT2D eigenvalue weighted by molar-refractivity contribution is 9.10. The molecule has 1 aromatic carbocycles. The van der Waals surface area contributed by atoms with Crippen LogP contribution in [0.4, 0.5) is 0 Å². The number of nitrogens with two attached hydrogens (primary N) is 1. The summed E-state index contributed by atoms with van der Waals surface area (Å²) in [5.41, 5.74) is 4.20. The first kappa shape index (κ1) is 13.3. The van der Waals surface area contributed by atoms with E-state index in [1.807, 2.05) is 17.4 Å². The summed E-state index contributed by atoms with van der Waals surface area (Å²) in [5.74, 6) is 5.74. The Hall–Kier alpha value is -0.720. The number of hydrazine groups is 1. The van der Waals surface area contributed by atoms with E-state index in [0.717, 1.165) is 10.9 Å². The fourth-order valence-corrected chi connectivity index (χ4v) is 4.71. The Bertz CT molecular complexity index is 661. The van der Waals surface area contributed by atoms with Crippen molar-refractivity contribution in [3.05, 3.63) is 56.7 Å². The molecule has 0 radical (unpaired) electrons. The number of thiophene rings is 2. The van der Waals surface area contributed by atoms with Gasteiger partial charge in [0, 0.05) is 18.7 Å². The highest BCUT2D eigenvalue weighted by atomic mass is 79.9. The Morgan fingerprint density at radius 2 is 2.05 bits per heavy atom. The van der Waals surface area contributed by atoms with Crippen molar-refractivity contribution in [2.75, 3.05) is 0 Å². The predicted octanol–water partition coefficient (Wildman–Crippen LogP) is 4.47. The van der Waals surface area contributed by atoms with Crippen LogP contribution in [-0.2, 0) is 6.42 Å². The molecule has 0 saturated carbocycles. The summed E-state index contributed by atoms with van der Waals surface area (Å²) in [6.45, 7) is 0. The van der Waals surface area contributed by atoms with E-state index in [4.69, 9.17) is 5.84 Å². The quantitative estimate of drug-likeness (QED) is 0.536. The molecule has 0 saturated heterocycles. The lowest BCUT2D eigenvalue weighted by Gasteiger charge is -2.15. The van der Waals surface area contributed by atoms with Gasteiger partial charge in [-0.1, -0.05) is 34.1 Å². The molecule has 98 valence electrons. The molecule has 0 amide bonds. The molecule has 3 aromatic rings. The van der Waals surface area contributed by atoms with E-state index in [0.29, 0.717) is 0 Å². The fourth-order valence-electron chi connectivity index (χ4n) is 2.08. The number of halogens is 1. The van der Waals surface area contributed by atoms with Crippen molar-refractivity contribution in [2.45, 2.75) is 12.5 Å². The third-order valence-corrected chi connectivity index (χ3v) is 6.07. The lowest BCUT2D eigenvalue weighted by atomic mass is 10.1. The van der Waals surface area contributed by atoms with Crippen LogP contribution in [0.15, 0.2) is 46.3 Å². The van der Waals surface area contributed by atoms with Crippen molar-refractivity contribution in [2.24, 2.45) is 5.84 Å². The molecule has 5 heteroatoms. The zero-order valence-electron chi connectivity index (χ0n) is 10.1. The fraction of sp³-hybridized carbons (Fsp3) is 0.143. The first-order valence-corrected chi connectivity index (χ1v) is 8.43. The highest BCUT2D eigenvalue weighted by Crippen LogP contribution is 2.34. The van der Waals surface area contributed by atoms with E-state index in [1.54, 1.807) is 11.3 Å². The summed E-state index contributed by atoms with van der Waals surface area (Å²) >= 11 is 7.18. The zero-order valence-corrected chi connectivity index (χ0v) is 13.3. The molecule has 0 aliphatic heterocycles. The summed E-state index contributed by atoms with van der Waals surface area (Å²) in [5, 5.41) is 2.13. The maximum atomic E-state index is 5.74. The Labute approximate surface area is 128 Å². The van der Waals surface area contributed by atoms with Gasteiger partial charge in [-0.15, -0.1) is 22.7 Å². The van der Waals surface area contributed by atoms with Gasteiger partial charge < -0.3 is 0 Å². The molecule has 2 heterocycles. The number of fused-ring (bicyclic) bond motifs is 1. The zero-order chi connectivity index (χ0) is 13.2. The van der Waals surface area contributed by atoms with Crippen LogP contribution in [0.5, 0.6) is 0 Å². The van der Waals surface area contributed by atoms with E-state index in [-0.39, 0.29) is 6.04 Å². The second-order valence-corrected chi connectivity index (χ2v) is 7.23. The van der Waals surface area contributed by atoms with E-state index in [9.17, 15) is 0 Å². The maximum absolute atomic E-state index is 5.74. The smallest absolute Gasteiger partial charge is 0.0594 e. The van der Waals surface area contributed by atoms with Crippen molar-refractivity contribution < 1.29 is 0 Å². The number of hydrogen-bond donors (Lipinski definition) is 2. The second kappa shape index (κ2) is 5.73. The molecular weight excluding hydrogens is 340 g/mol. The molecule has 19 heavy (non-hydrogen) atoms. The van der Waals surface area contributed by atoms with Crippen LogP contribution in [0.1, 0.15) is 16.5 Å². The molecule has 1 unspecified atom stereocenters. The SMILES string of the molecule is NNC(Cc1ccccc1Br)c1cc2sccc2s1. The van der Waals surface area contributed by atoms with Gasteiger partial charge in [-0.05, 0) is 35.6 Å². The number of benzene rings is 1. The largest absolute Gasteiger partial charge is 0.271 e. The highest BCUT2D eigenvalue weighted by Gasteiger charge is 2.15. The summed E-state index contributed by atoms with van der Waals surface area (Å²) < 4.78 is 3.81. The van der Waals surface area contributed by atoms with Crippen LogP contribution in [0.3, 0.4) is 0 Å². The van der Waals surface area contributed by atoms with Crippen molar-refractivity contribution in [1.29, 1.82) is 0 Å². The van der Waals surface area contributed by atoms with Crippen LogP contribution >= 0.6 is 38.6 Å². The van der Waals surface area contributed by atoms with Gasteiger partial charge in [-0.2, -0.15) is 0 Å². The molecule has 2 nitrogen and oxygen atoms in total. The molecule has 3 rings (SSSR count). The van der Waals surface area contributed by atoms with Crippen LogP contribution in [0.25, 0.3) is 9.40 Å². The standard InChI is InChI=1S/C14H13BrN2S2/c15-10-4-2-1-3-9(10)7-11(17-16)13-8-14-12(19-13)5-6-18-14/h1-6,8,11,17H,7,16H2. The number of hydrogen-bond acceptors (Lipinski definition) is 4. The third-order valence-electron chi connectivity index (χ3n) is 3.08. The Balaban J connectivity index is 1.88. The summed E-state index contributed by atoms with van der Waals surface area (Å²) in [6.07, 6.45) is 0.881.